The van der Waals surface area contributed by atoms with Crippen molar-refractivity contribution in [2.45, 2.75) is 26.3 Å². The van der Waals surface area contributed by atoms with Gasteiger partial charge in [-0.1, -0.05) is 19.1 Å². The lowest BCUT2D eigenvalue weighted by Gasteiger charge is -2.27. The van der Waals surface area contributed by atoms with E-state index in [1.165, 1.54) is 41.2 Å². The summed E-state index contributed by atoms with van der Waals surface area (Å²) in [4.78, 5) is 22.5. The number of benzene rings is 1. The van der Waals surface area contributed by atoms with Crippen LogP contribution in [0.1, 0.15) is 25.6 Å². The van der Waals surface area contributed by atoms with Crippen LogP contribution in [0.4, 0.5) is 4.39 Å². The van der Waals surface area contributed by atoms with Crippen LogP contribution < -0.4 is 10.5 Å². The second-order valence-electron chi connectivity index (χ2n) is 6.98. The van der Waals surface area contributed by atoms with Crippen LogP contribution in [0.15, 0.2) is 34.4 Å². The number of hydrogen-bond donors (Lipinski definition) is 2. The highest BCUT2D eigenvalue weighted by Gasteiger charge is 2.21. The molecule has 0 radical (unpaired) electrons. The van der Waals surface area contributed by atoms with Crippen molar-refractivity contribution in [2.75, 3.05) is 13.1 Å². The van der Waals surface area contributed by atoms with E-state index in [0.717, 1.165) is 47.3 Å². The summed E-state index contributed by atoms with van der Waals surface area (Å²) in [5.41, 5.74) is 1.55. The minimum atomic E-state index is -0.281. The van der Waals surface area contributed by atoms with Gasteiger partial charge in [-0.2, -0.15) is 0 Å². The minimum absolute atomic E-state index is 0.106. The molecule has 2 N–H and O–H groups in total. The fourth-order valence-electron chi connectivity index (χ4n) is 3.71. The van der Waals surface area contributed by atoms with Crippen LogP contribution in [0.3, 0.4) is 0 Å². The number of rotatable bonds is 3. The van der Waals surface area contributed by atoms with E-state index >= 15 is 0 Å². The number of hydrogen-bond acceptors (Lipinski definition) is 3. The quantitative estimate of drug-likeness (QED) is 0.756. The van der Waals surface area contributed by atoms with E-state index in [1.807, 2.05) is 5.38 Å². The third kappa shape index (κ3) is 3.37. The van der Waals surface area contributed by atoms with Gasteiger partial charge in [-0.25, -0.2) is 9.37 Å². The molecule has 0 saturated carbocycles. The van der Waals surface area contributed by atoms with Crippen molar-refractivity contribution in [2.24, 2.45) is 5.92 Å². The van der Waals surface area contributed by atoms with Gasteiger partial charge in [-0.3, -0.25) is 4.79 Å². The molecule has 0 spiro atoms. The fraction of sp³-hybridized carbons (Fsp3) is 0.368. The molecule has 0 amide bonds. The molecule has 130 valence electrons. The zero-order chi connectivity index (χ0) is 17.4. The van der Waals surface area contributed by atoms with Gasteiger partial charge in [0.1, 0.15) is 17.2 Å². The number of nitrogens with zero attached hydrogens (tertiary/aromatic N) is 1. The lowest BCUT2D eigenvalue weighted by atomic mass is 10.0. The number of quaternary nitrogens is 1. The molecule has 6 heteroatoms. The van der Waals surface area contributed by atoms with E-state index < -0.39 is 0 Å². The molecule has 1 saturated heterocycles. The Kier molecular flexibility index (Phi) is 4.39. The van der Waals surface area contributed by atoms with Gasteiger partial charge in [-0.15, -0.1) is 11.3 Å². The van der Waals surface area contributed by atoms with Gasteiger partial charge in [0, 0.05) is 16.9 Å². The van der Waals surface area contributed by atoms with Crippen molar-refractivity contribution in [3.8, 4) is 11.1 Å². The van der Waals surface area contributed by atoms with Gasteiger partial charge in [-0.05, 0) is 30.5 Å². The van der Waals surface area contributed by atoms with E-state index in [9.17, 15) is 9.18 Å². The van der Waals surface area contributed by atoms with Crippen LogP contribution in [0.25, 0.3) is 21.3 Å². The van der Waals surface area contributed by atoms with Crippen LogP contribution >= 0.6 is 11.3 Å². The summed E-state index contributed by atoms with van der Waals surface area (Å²) in [7, 11) is 0. The standard InChI is InChI=1S/C19H20FN3OS/c1-12-3-2-8-23(9-12)10-16-21-18(24)17-15(11-25-19(17)22-16)13-4-6-14(20)7-5-13/h4-7,11-12H,2-3,8-10H2,1H3,(H,21,22,24)/p+1/t12-/m0/s1. The first-order valence-corrected chi connectivity index (χ1v) is 9.58. The average molecular weight is 358 g/mol. The van der Waals surface area contributed by atoms with Crippen molar-refractivity contribution >= 4 is 21.6 Å². The maximum Gasteiger partial charge on any atom is 0.260 e. The molecule has 1 unspecified atom stereocenters. The molecule has 1 aromatic carbocycles. The molecular formula is C19H21FN3OS+. The average Bonchev–Trinajstić information content (AvgIpc) is 3.00. The number of fused-ring (bicyclic) bond motifs is 1. The van der Waals surface area contributed by atoms with Gasteiger partial charge in [0.05, 0.1) is 18.5 Å². The highest BCUT2D eigenvalue weighted by Crippen LogP contribution is 2.30. The Morgan fingerprint density at radius 2 is 2.16 bits per heavy atom. The SMILES string of the molecule is C[C@H]1CCC[NH+](Cc2nc3scc(-c4ccc(F)cc4)c3c(=O)[nH]2)C1. The van der Waals surface area contributed by atoms with Gasteiger partial charge in [0.2, 0.25) is 0 Å². The monoisotopic (exact) mass is 358 g/mol. The molecule has 1 fully saturated rings. The summed E-state index contributed by atoms with van der Waals surface area (Å²) in [6.07, 6.45) is 2.52. The summed E-state index contributed by atoms with van der Waals surface area (Å²) in [5, 5.41) is 2.53. The predicted molar refractivity (Wildman–Crippen MR) is 98.4 cm³/mol. The third-order valence-corrected chi connectivity index (χ3v) is 5.80. The summed E-state index contributed by atoms with van der Waals surface area (Å²) in [6.45, 7) is 5.32. The van der Waals surface area contributed by atoms with Crippen LogP contribution in [-0.2, 0) is 6.54 Å². The molecule has 2 atom stereocenters. The van der Waals surface area contributed by atoms with Crippen molar-refractivity contribution < 1.29 is 9.29 Å². The Morgan fingerprint density at radius 3 is 2.92 bits per heavy atom. The number of H-pyrrole nitrogens is 1. The highest BCUT2D eigenvalue weighted by atomic mass is 32.1. The number of halogens is 1. The van der Waals surface area contributed by atoms with Crippen molar-refractivity contribution in [1.29, 1.82) is 0 Å². The van der Waals surface area contributed by atoms with E-state index in [4.69, 9.17) is 0 Å². The van der Waals surface area contributed by atoms with Crippen LogP contribution in [0.2, 0.25) is 0 Å². The Bertz CT molecular complexity index is 947. The molecule has 25 heavy (non-hydrogen) atoms. The molecule has 1 aliphatic heterocycles. The summed E-state index contributed by atoms with van der Waals surface area (Å²) in [5.74, 6) is 1.21. The lowest BCUT2D eigenvalue weighted by Crippen LogP contribution is -3.12. The number of thiophene rings is 1. The Hall–Kier alpha value is -2.05. The van der Waals surface area contributed by atoms with Crippen molar-refractivity contribution in [3.05, 3.63) is 51.6 Å². The van der Waals surface area contributed by atoms with E-state index in [2.05, 4.69) is 16.9 Å². The zero-order valence-corrected chi connectivity index (χ0v) is 15.0. The Balaban J connectivity index is 1.67. The second kappa shape index (κ2) is 6.69. The molecule has 0 bridgehead atoms. The molecule has 4 rings (SSSR count). The van der Waals surface area contributed by atoms with Gasteiger partial charge in [0.25, 0.3) is 5.56 Å². The smallest absolute Gasteiger partial charge is 0.260 e. The van der Waals surface area contributed by atoms with Gasteiger partial charge >= 0.3 is 0 Å². The van der Waals surface area contributed by atoms with Crippen molar-refractivity contribution in [3.63, 3.8) is 0 Å². The number of piperidine rings is 1. The normalized spacial score (nSPS) is 20.9. The first-order valence-electron chi connectivity index (χ1n) is 8.70. The molecule has 2 aromatic heterocycles. The summed E-state index contributed by atoms with van der Waals surface area (Å²) >= 11 is 1.47. The first kappa shape index (κ1) is 16.4. The summed E-state index contributed by atoms with van der Waals surface area (Å²) in [6, 6.07) is 6.22. The van der Waals surface area contributed by atoms with Gasteiger partial charge in [0.15, 0.2) is 5.82 Å². The molecule has 1 aliphatic rings. The fourth-order valence-corrected chi connectivity index (χ4v) is 4.68. The minimum Gasteiger partial charge on any atom is -0.328 e. The largest absolute Gasteiger partial charge is 0.328 e. The van der Waals surface area contributed by atoms with E-state index in [0.29, 0.717) is 5.39 Å². The number of nitrogens with one attached hydrogen (secondary N) is 2. The second-order valence-corrected chi connectivity index (χ2v) is 7.84. The van der Waals surface area contributed by atoms with E-state index in [1.54, 1.807) is 12.1 Å². The zero-order valence-electron chi connectivity index (χ0n) is 14.1. The maximum atomic E-state index is 13.1. The van der Waals surface area contributed by atoms with Crippen LogP contribution in [0, 0.1) is 11.7 Å². The van der Waals surface area contributed by atoms with Crippen LogP contribution in [-0.4, -0.2) is 23.1 Å². The van der Waals surface area contributed by atoms with Gasteiger partial charge < -0.3 is 9.88 Å². The highest BCUT2D eigenvalue weighted by molar-refractivity contribution is 7.17. The van der Waals surface area contributed by atoms with Crippen molar-refractivity contribution in [1.82, 2.24) is 9.97 Å². The molecular weight excluding hydrogens is 337 g/mol. The summed E-state index contributed by atoms with van der Waals surface area (Å²) < 4.78 is 13.1. The third-order valence-electron chi connectivity index (χ3n) is 4.93. The van der Waals surface area contributed by atoms with E-state index in [-0.39, 0.29) is 11.4 Å². The number of aromatic nitrogens is 2. The molecule has 0 aliphatic carbocycles. The topological polar surface area (TPSA) is 50.2 Å². The van der Waals surface area contributed by atoms with Crippen LogP contribution in [0.5, 0.6) is 0 Å². The molecule has 3 aromatic rings. The Morgan fingerprint density at radius 1 is 1.36 bits per heavy atom. The predicted octanol–water partition coefficient (Wildman–Crippen LogP) is 2.61. The number of aromatic amines is 1. The molecule has 4 nitrogen and oxygen atoms in total. The maximum absolute atomic E-state index is 13.1. The molecule has 3 heterocycles. The first-order chi connectivity index (χ1) is 12.1. The lowest BCUT2D eigenvalue weighted by molar-refractivity contribution is -0.922. The number of likely N-dealkylation sites (tertiary alicyclic amines) is 1. The Labute approximate surface area is 149 Å².